The Morgan fingerprint density at radius 3 is 2.50 bits per heavy atom. The third kappa shape index (κ3) is 4.83. The molecule has 1 aromatic heterocycles. The van der Waals surface area contributed by atoms with Gasteiger partial charge in [0.2, 0.25) is 0 Å². The lowest BCUT2D eigenvalue weighted by molar-refractivity contribution is 0.0696. The minimum Gasteiger partial charge on any atom is -0.478 e. The fourth-order valence-corrected chi connectivity index (χ4v) is 4.10. The van der Waals surface area contributed by atoms with E-state index < -0.39 is 47.1 Å². The molecule has 12 heteroatoms. The van der Waals surface area contributed by atoms with E-state index in [9.17, 15) is 27.9 Å². The van der Waals surface area contributed by atoms with Gasteiger partial charge >= 0.3 is 11.7 Å². The van der Waals surface area contributed by atoms with E-state index in [1.807, 2.05) is 19.0 Å². The molecule has 1 aliphatic heterocycles. The highest BCUT2D eigenvalue weighted by Crippen LogP contribution is 2.35. The number of para-hydroxylation sites is 1. The van der Waals surface area contributed by atoms with Gasteiger partial charge in [-0.1, -0.05) is 6.07 Å². The second-order valence-electron chi connectivity index (χ2n) is 8.66. The quantitative estimate of drug-likeness (QED) is 0.389. The molecule has 4 rings (SSSR count). The van der Waals surface area contributed by atoms with Gasteiger partial charge in [0, 0.05) is 24.8 Å². The molecule has 4 N–H and O–H groups in total. The van der Waals surface area contributed by atoms with Crippen LogP contribution in [0.4, 0.5) is 19.0 Å². The summed E-state index contributed by atoms with van der Waals surface area (Å²) in [6.45, 7) is 2.62. The van der Waals surface area contributed by atoms with Crippen molar-refractivity contribution >= 4 is 11.8 Å². The van der Waals surface area contributed by atoms with E-state index in [4.69, 9.17) is 0 Å². The first kappa shape index (κ1) is 25.4. The molecule has 0 saturated carbocycles. The Hall–Kier alpha value is -3.74. The van der Waals surface area contributed by atoms with Crippen LogP contribution in [-0.4, -0.2) is 59.0 Å². The van der Waals surface area contributed by atoms with Crippen LogP contribution in [0.3, 0.4) is 0 Å². The second kappa shape index (κ2) is 10.1. The van der Waals surface area contributed by atoms with Crippen molar-refractivity contribution in [2.45, 2.75) is 19.3 Å². The van der Waals surface area contributed by atoms with Gasteiger partial charge in [-0.25, -0.2) is 32.3 Å². The van der Waals surface area contributed by atoms with Crippen molar-refractivity contribution in [3.05, 3.63) is 86.7 Å². The average molecular weight is 502 g/mol. The van der Waals surface area contributed by atoms with Crippen LogP contribution in [0.15, 0.2) is 41.3 Å². The largest absolute Gasteiger partial charge is 0.478 e. The zero-order chi connectivity index (χ0) is 26.1. The number of aromatic nitrogens is 2. The van der Waals surface area contributed by atoms with Crippen molar-refractivity contribution < 1.29 is 23.1 Å². The molecule has 9 nitrogen and oxygen atoms in total. The molecule has 3 aromatic rings. The summed E-state index contributed by atoms with van der Waals surface area (Å²) in [6.07, 6.45) is 0.486. The summed E-state index contributed by atoms with van der Waals surface area (Å²) < 4.78 is 45.0. The maximum Gasteiger partial charge on any atom is 0.353 e. The molecule has 2 atom stereocenters. The first-order valence-corrected chi connectivity index (χ1v) is 11.1. The number of carbonyl (C=O) groups is 1. The van der Waals surface area contributed by atoms with Crippen LogP contribution in [0.5, 0.6) is 0 Å². The van der Waals surface area contributed by atoms with Crippen LogP contribution in [0.2, 0.25) is 0 Å². The zero-order valence-corrected chi connectivity index (χ0v) is 19.8. The summed E-state index contributed by atoms with van der Waals surface area (Å²) in [5.41, 5.74) is -1.10. The van der Waals surface area contributed by atoms with Gasteiger partial charge in [-0.05, 0) is 56.4 Å². The molecule has 0 amide bonds. The fourth-order valence-electron chi connectivity index (χ4n) is 4.10. The number of halogens is 3. The Labute approximate surface area is 204 Å². The minimum absolute atomic E-state index is 0.0330. The van der Waals surface area contributed by atoms with E-state index in [1.54, 1.807) is 0 Å². The van der Waals surface area contributed by atoms with Gasteiger partial charge in [0.05, 0.1) is 11.6 Å². The number of hydrogen-bond donors (Lipinski definition) is 4. The van der Waals surface area contributed by atoms with Gasteiger partial charge in [0.25, 0.3) is 0 Å². The summed E-state index contributed by atoms with van der Waals surface area (Å²) in [6, 6.07) is 4.58. The average Bonchev–Trinajstić information content (AvgIpc) is 2.81. The van der Waals surface area contributed by atoms with Crippen LogP contribution in [0, 0.1) is 24.4 Å². The van der Waals surface area contributed by atoms with Crippen molar-refractivity contribution in [2.75, 3.05) is 32.5 Å². The number of carboxylic acids is 1. The predicted molar refractivity (Wildman–Crippen MR) is 127 cm³/mol. The third-order valence-electron chi connectivity index (χ3n) is 5.94. The lowest BCUT2D eigenvalue weighted by Crippen LogP contribution is -2.55. The molecule has 0 aliphatic carbocycles. The number of aromatic carboxylic acids is 1. The highest BCUT2D eigenvalue weighted by molar-refractivity contribution is 5.88. The number of nitrogens with one attached hydrogen (secondary N) is 3. The summed E-state index contributed by atoms with van der Waals surface area (Å²) in [4.78, 5) is 30.2. The van der Waals surface area contributed by atoms with Crippen LogP contribution >= 0.6 is 0 Å². The molecule has 0 spiro atoms. The molecular formula is C24H25F3N6O3. The van der Waals surface area contributed by atoms with Gasteiger partial charge in [-0.2, -0.15) is 0 Å². The van der Waals surface area contributed by atoms with Crippen molar-refractivity contribution in [3.8, 4) is 5.69 Å². The molecule has 0 fully saturated rings. The molecule has 2 aromatic carbocycles. The fraction of sp³-hybridized carbons (Fsp3) is 0.292. The normalized spacial score (nSPS) is 17.1. The molecule has 0 bridgehead atoms. The molecule has 0 radical (unpaired) electrons. The highest BCUT2D eigenvalue weighted by atomic mass is 19.1. The Bertz CT molecular complexity index is 1360. The van der Waals surface area contributed by atoms with Gasteiger partial charge in [0.15, 0.2) is 0 Å². The van der Waals surface area contributed by atoms with Crippen LogP contribution in [0.25, 0.3) is 5.69 Å². The lowest BCUT2D eigenvalue weighted by atomic mass is 9.92. The number of rotatable bonds is 7. The number of anilines is 1. The van der Waals surface area contributed by atoms with Gasteiger partial charge < -0.3 is 15.3 Å². The summed E-state index contributed by atoms with van der Waals surface area (Å²) >= 11 is 0. The van der Waals surface area contributed by atoms with Crippen LogP contribution in [-0.2, 0) is 0 Å². The highest BCUT2D eigenvalue weighted by Gasteiger charge is 2.33. The molecular weight excluding hydrogens is 477 g/mol. The number of nitrogens with zero attached hydrogens (tertiary/aromatic N) is 3. The third-order valence-corrected chi connectivity index (χ3v) is 5.94. The summed E-state index contributed by atoms with van der Waals surface area (Å²) in [5.74, 6) is -3.97. The number of likely N-dealkylation sites (N-methyl/N-ethyl adjacent to an activating group) is 1. The Morgan fingerprint density at radius 2 is 1.86 bits per heavy atom. The van der Waals surface area contributed by atoms with Crippen molar-refractivity contribution in [3.63, 3.8) is 0 Å². The maximum atomic E-state index is 14.7. The number of benzene rings is 2. The molecule has 190 valence electrons. The predicted octanol–water partition coefficient (Wildman–Crippen LogP) is 2.20. The van der Waals surface area contributed by atoms with E-state index >= 15 is 0 Å². The minimum atomic E-state index is -1.32. The number of carboxylic acid groups (broad SMARTS) is 1. The summed E-state index contributed by atoms with van der Waals surface area (Å²) in [5, 5.41) is 18.9. The molecule has 2 heterocycles. The Kier molecular flexibility index (Phi) is 7.11. The molecule has 36 heavy (non-hydrogen) atoms. The van der Waals surface area contributed by atoms with E-state index in [0.717, 1.165) is 22.8 Å². The standard InChI is InChI=1S/C24H25F3N6O3/c1-12-14(9-13(22(34)35)10-18(12)27)19-15-11-29-24(36)33(20-16(25)5-4-6-17(20)26)21(15)31-23(30-19)28-7-8-32(2)3/h4-6,9-11,19,23,28,30-31H,7-8H2,1-3H3,(H,34,35). The number of fused-ring (bicyclic) bond motifs is 1. The van der Waals surface area contributed by atoms with Crippen molar-refractivity contribution in [1.82, 2.24) is 25.1 Å². The first-order valence-electron chi connectivity index (χ1n) is 11.1. The van der Waals surface area contributed by atoms with Crippen molar-refractivity contribution in [2.24, 2.45) is 0 Å². The Morgan fingerprint density at radius 1 is 1.17 bits per heavy atom. The van der Waals surface area contributed by atoms with Gasteiger partial charge in [-0.15, -0.1) is 0 Å². The topological polar surface area (TPSA) is 112 Å². The second-order valence-corrected chi connectivity index (χ2v) is 8.66. The zero-order valence-electron chi connectivity index (χ0n) is 19.8. The smallest absolute Gasteiger partial charge is 0.353 e. The van der Waals surface area contributed by atoms with Crippen LogP contribution < -0.4 is 21.6 Å². The van der Waals surface area contributed by atoms with E-state index in [1.165, 1.54) is 25.3 Å². The van der Waals surface area contributed by atoms with Gasteiger partial charge in [-0.3, -0.25) is 10.6 Å². The lowest BCUT2D eigenvalue weighted by Gasteiger charge is -2.37. The van der Waals surface area contributed by atoms with Gasteiger partial charge in [0.1, 0.15) is 35.2 Å². The number of hydrogen-bond acceptors (Lipinski definition) is 7. The van der Waals surface area contributed by atoms with Crippen LogP contribution in [0.1, 0.15) is 33.1 Å². The molecule has 0 saturated heterocycles. The Balaban J connectivity index is 1.93. The monoisotopic (exact) mass is 502 g/mol. The maximum absolute atomic E-state index is 14.7. The molecule has 2 unspecified atom stereocenters. The first-order chi connectivity index (χ1) is 17.1. The summed E-state index contributed by atoms with van der Waals surface area (Å²) in [7, 11) is 3.77. The SMILES string of the molecule is Cc1c(F)cc(C(=O)O)cc1C1NC(NCCN(C)C)Nc2c1cnc(=O)n2-c1c(F)cccc1F. The van der Waals surface area contributed by atoms with E-state index in [2.05, 4.69) is 20.9 Å². The van der Waals surface area contributed by atoms with E-state index in [-0.39, 0.29) is 28.1 Å². The molecule has 1 aliphatic rings. The van der Waals surface area contributed by atoms with E-state index in [0.29, 0.717) is 13.1 Å². The van der Waals surface area contributed by atoms with Crippen molar-refractivity contribution in [1.29, 1.82) is 0 Å².